The van der Waals surface area contributed by atoms with Crippen molar-refractivity contribution < 1.29 is 14.6 Å². The summed E-state index contributed by atoms with van der Waals surface area (Å²) in [6.45, 7) is 0.119. The van der Waals surface area contributed by atoms with Crippen molar-refractivity contribution in [1.29, 1.82) is 0 Å². The molecule has 1 heterocycles. The second-order valence-corrected chi connectivity index (χ2v) is 3.05. The summed E-state index contributed by atoms with van der Waals surface area (Å²) in [6.07, 6.45) is 4.21. The van der Waals surface area contributed by atoms with Crippen molar-refractivity contribution in [3.05, 3.63) is 12.2 Å². The van der Waals surface area contributed by atoms with Gasteiger partial charge >= 0.3 is 5.97 Å². The first-order valence-electron chi connectivity index (χ1n) is 3.80. The maximum atomic E-state index is 10.8. The summed E-state index contributed by atoms with van der Waals surface area (Å²) in [6, 6.07) is 0. The Kier molecular flexibility index (Phi) is 1.46. The second-order valence-electron chi connectivity index (χ2n) is 3.05. The zero-order chi connectivity index (χ0) is 7.84. The predicted molar refractivity (Wildman–Crippen MR) is 37.7 cm³/mol. The maximum Gasteiger partial charge on any atom is 0.306 e. The molecule has 3 atom stereocenters. The molecular formula is C8H10O3. The molecule has 0 bridgehead atoms. The highest BCUT2D eigenvalue weighted by Gasteiger charge is 2.40. The van der Waals surface area contributed by atoms with E-state index in [1.54, 1.807) is 0 Å². The van der Waals surface area contributed by atoms with Gasteiger partial charge in [-0.15, -0.1) is 0 Å². The lowest BCUT2D eigenvalue weighted by Gasteiger charge is -2.11. The summed E-state index contributed by atoms with van der Waals surface area (Å²) in [4.78, 5) is 10.8. The Balaban J connectivity index is 2.13. The van der Waals surface area contributed by atoms with Gasteiger partial charge in [0.25, 0.3) is 0 Å². The third-order valence-corrected chi connectivity index (χ3v) is 2.40. The Labute approximate surface area is 64.7 Å². The number of aliphatic hydroxyl groups is 1. The minimum absolute atomic E-state index is 0.0559. The van der Waals surface area contributed by atoms with Gasteiger partial charge in [-0.1, -0.05) is 6.08 Å². The minimum Gasteiger partial charge on any atom is -0.458 e. The van der Waals surface area contributed by atoms with Crippen molar-refractivity contribution in [2.24, 2.45) is 11.8 Å². The Morgan fingerprint density at radius 2 is 2.45 bits per heavy atom. The molecule has 1 aliphatic heterocycles. The van der Waals surface area contributed by atoms with E-state index in [1.807, 2.05) is 12.2 Å². The van der Waals surface area contributed by atoms with E-state index in [2.05, 4.69) is 0 Å². The maximum absolute atomic E-state index is 10.8. The molecule has 3 heteroatoms. The molecule has 0 unspecified atom stereocenters. The first-order valence-corrected chi connectivity index (χ1v) is 3.80. The molecule has 0 aromatic heterocycles. The quantitative estimate of drug-likeness (QED) is 0.430. The molecule has 0 aromatic rings. The van der Waals surface area contributed by atoms with Gasteiger partial charge in [0.1, 0.15) is 6.10 Å². The van der Waals surface area contributed by atoms with E-state index >= 15 is 0 Å². The summed E-state index contributed by atoms with van der Waals surface area (Å²) in [5.74, 6) is 0.196. The highest BCUT2D eigenvalue weighted by Crippen LogP contribution is 2.35. The highest BCUT2D eigenvalue weighted by molar-refractivity contribution is 5.73. The fourth-order valence-corrected chi connectivity index (χ4v) is 1.76. The smallest absolute Gasteiger partial charge is 0.306 e. The molecule has 0 aromatic carbocycles. The van der Waals surface area contributed by atoms with Gasteiger partial charge in [-0.25, -0.2) is 0 Å². The first kappa shape index (κ1) is 6.85. The van der Waals surface area contributed by atoms with E-state index in [0.717, 1.165) is 0 Å². The molecule has 1 saturated heterocycles. The van der Waals surface area contributed by atoms with E-state index in [9.17, 15) is 4.79 Å². The zero-order valence-corrected chi connectivity index (χ0v) is 6.06. The summed E-state index contributed by atoms with van der Waals surface area (Å²) in [5, 5.41) is 8.88. The van der Waals surface area contributed by atoms with Crippen LogP contribution in [0.3, 0.4) is 0 Å². The molecule has 2 aliphatic rings. The van der Waals surface area contributed by atoms with Crippen LogP contribution >= 0.6 is 0 Å². The predicted octanol–water partition coefficient (Wildman–Crippen LogP) is 0.0964. The van der Waals surface area contributed by atoms with E-state index in [4.69, 9.17) is 9.84 Å². The number of esters is 1. The standard InChI is InChI=1S/C8H10O3/c9-4-5-1-2-7-6(5)3-8(10)11-7/h1-2,5-7,9H,3-4H2/t5-,6-,7+/m1/s1. The van der Waals surface area contributed by atoms with Gasteiger partial charge in [0.15, 0.2) is 0 Å². The number of carbonyl (C=O) groups is 1. The lowest BCUT2D eigenvalue weighted by Crippen LogP contribution is -2.17. The lowest BCUT2D eigenvalue weighted by molar-refractivity contribution is -0.140. The number of aliphatic hydroxyl groups excluding tert-OH is 1. The monoisotopic (exact) mass is 154 g/mol. The van der Waals surface area contributed by atoms with Crippen molar-refractivity contribution in [2.45, 2.75) is 12.5 Å². The Hall–Kier alpha value is -0.830. The first-order chi connectivity index (χ1) is 5.31. The van der Waals surface area contributed by atoms with Gasteiger partial charge in [0.05, 0.1) is 6.42 Å². The molecule has 1 fully saturated rings. The van der Waals surface area contributed by atoms with Crippen LogP contribution in [0.2, 0.25) is 0 Å². The highest BCUT2D eigenvalue weighted by atomic mass is 16.5. The fourth-order valence-electron chi connectivity index (χ4n) is 1.76. The number of hydrogen-bond acceptors (Lipinski definition) is 3. The average molecular weight is 154 g/mol. The zero-order valence-electron chi connectivity index (χ0n) is 6.06. The summed E-state index contributed by atoms with van der Waals surface area (Å²) >= 11 is 0. The average Bonchev–Trinajstić information content (AvgIpc) is 2.45. The molecule has 2 rings (SSSR count). The molecule has 3 nitrogen and oxygen atoms in total. The van der Waals surface area contributed by atoms with E-state index in [-0.39, 0.29) is 30.5 Å². The van der Waals surface area contributed by atoms with Crippen LogP contribution in [0.1, 0.15) is 6.42 Å². The molecule has 1 N–H and O–H groups in total. The van der Waals surface area contributed by atoms with E-state index < -0.39 is 0 Å². The van der Waals surface area contributed by atoms with Crippen LogP contribution in [-0.4, -0.2) is 23.8 Å². The van der Waals surface area contributed by atoms with Crippen LogP contribution in [0, 0.1) is 11.8 Å². The largest absolute Gasteiger partial charge is 0.458 e. The number of rotatable bonds is 1. The van der Waals surface area contributed by atoms with Gasteiger partial charge in [-0.2, -0.15) is 0 Å². The Morgan fingerprint density at radius 1 is 1.64 bits per heavy atom. The van der Waals surface area contributed by atoms with Crippen molar-refractivity contribution in [3.8, 4) is 0 Å². The fraction of sp³-hybridized carbons (Fsp3) is 0.625. The van der Waals surface area contributed by atoms with Crippen LogP contribution in [0.25, 0.3) is 0 Å². The molecule has 0 saturated carbocycles. The number of fused-ring (bicyclic) bond motifs is 1. The number of hydrogen-bond donors (Lipinski definition) is 1. The molecule has 11 heavy (non-hydrogen) atoms. The van der Waals surface area contributed by atoms with Crippen LogP contribution in [-0.2, 0) is 9.53 Å². The molecular weight excluding hydrogens is 144 g/mol. The van der Waals surface area contributed by atoms with Gasteiger partial charge in [-0.05, 0) is 6.08 Å². The van der Waals surface area contributed by atoms with Crippen LogP contribution in [0.15, 0.2) is 12.2 Å². The van der Waals surface area contributed by atoms with Gasteiger partial charge in [0.2, 0.25) is 0 Å². The topological polar surface area (TPSA) is 46.5 Å². The van der Waals surface area contributed by atoms with Gasteiger partial charge in [-0.3, -0.25) is 4.79 Å². The van der Waals surface area contributed by atoms with Crippen molar-refractivity contribution >= 4 is 5.97 Å². The molecule has 0 spiro atoms. The Morgan fingerprint density at radius 3 is 3.18 bits per heavy atom. The SMILES string of the molecule is O=C1C[C@@H]2[C@@H](CO)C=C[C@@H]2O1. The third-order valence-electron chi connectivity index (χ3n) is 2.40. The van der Waals surface area contributed by atoms with E-state index in [1.165, 1.54) is 0 Å². The number of carbonyl (C=O) groups excluding carboxylic acids is 1. The minimum atomic E-state index is -0.136. The van der Waals surface area contributed by atoms with Gasteiger partial charge < -0.3 is 9.84 Å². The summed E-state index contributed by atoms with van der Waals surface area (Å²) < 4.78 is 4.98. The van der Waals surface area contributed by atoms with Crippen molar-refractivity contribution in [2.75, 3.05) is 6.61 Å². The van der Waals surface area contributed by atoms with Crippen LogP contribution < -0.4 is 0 Å². The Bertz CT molecular complexity index is 209. The lowest BCUT2D eigenvalue weighted by atomic mass is 9.93. The molecule has 0 radical (unpaired) electrons. The molecule has 60 valence electrons. The summed E-state index contributed by atoms with van der Waals surface area (Å²) in [5.41, 5.74) is 0. The third kappa shape index (κ3) is 0.959. The van der Waals surface area contributed by atoms with Crippen LogP contribution in [0.4, 0.5) is 0 Å². The number of ether oxygens (including phenoxy) is 1. The van der Waals surface area contributed by atoms with Gasteiger partial charge in [0, 0.05) is 18.4 Å². The van der Waals surface area contributed by atoms with E-state index in [0.29, 0.717) is 6.42 Å². The molecule has 0 amide bonds. The van der Waals surface area contributed by atoms with Crippen molar-refractivity contribution in [3.63, 3.8) is 0 Å². The molecule has 1 aliphatic carbocycles. The second kappa shape index (κ2) is 2.34. The normalized spacial score (nSPS) is 40.8. The van der Waals surface area contributed by atoms with Crippen molar-refractivity contribution in [1.82, 2.24) is 0 Å². The summed E-state index contributed by atoms with van der Waals surface area (Å²) in [7, 11) is 0. The van der Waals surface area contributed by atoms with Crippen LogP contribution in [0.5, 0.6) is 0 Å².